The Kier molecular flexibility index (Phi) is 5.79. The molecule has 1 atom stereocenters. The Morgan fingerprint density at radius 2 is 2.00 bits per heavy atom. The first-order chi connectivity index (χ1) is 10.1. The molecule has 1 amide bonds. The second-order valence-electron chi connectivity index (χ2n) is 4.78. The van der Waals surface area contributed by atoms with E-state index in [1.54, 1.807) is 30.6 Å². The van der Waals surface area contributed by atoms with E-state index in [0.29, 0.717) is 18.0 Å². The summed E-state index contributed by atoms with van der Waals surface area (Å²) in [4.78, 5) is 14.3. The van der Waals surface area contributed by atoms with Gasteiger partial charge in [-0.15, -0.1) is 11.3 Å². The first-order valence-corrected chi connectivity index (χ1v) is 7.88. The molecule has 0 saturated carbocycles. The molecule has 1 aromatic heterocycles. The second-order valence-corrected chi connectivity index (χ2v) is 6.54. The largest absolute Gasteiger partial charge is 0.374 e. The molecule has 0 fully saturated rings. The van der Waals surface area contributed by atoms with Crippen LogP contribution < -0.4 is 5.32 Å². The maximum Gasteiger partial charge on any atom is 0.224 e. The Morgan fingerprint density at radius 3 is 2.57 bits per heavy atom. The number of benzene rings is 1. The van der Waals surface area contributed by atoms with Crippen LogP contribution >= 0.6 is 22.9 Å². The Bertz CT molecular complexity index is 595. The number of thiophene rings is 1. The molecule has 2 rings (SSSR count). The van der Waals surface area contributed by atoms with Crippen LogP contribution in [0.25, 0.3) is 0 Å². The summed E-state index contributed by atoms with van der Waals surface area (Å²) in [5.74, 6) is -0.0207. The molecule has 0 aliphatic rings. The Balaban J connectivity index is 1.86. The molecular weight excluding hydrogens is 306 g/mol. The molecule has 21 heavy (non-hydrogen) atoms. The van der Waals surface area contributed by atoms with Gasteiger partial charge in [-0.25, -0.2) is 0 Å². The average Bonchev–Trinajstić information content (AvgIpc) is 2.89. The lowest BCUT2D eigenvalue weighted by Gasteiger charge is -2.14. The summed E-state index contributed by atoms with van der Waals surface area (Å²) in [5.41, 5.74) is 0.942. The van der Waals surface area contributed by atoms with Gasteiger partial charge in [0.25, 0.3) is 0 Å². The van der Waals surface area contributed by atoms with Crippen molar-refractivity contribution in [3.63, 3.8) is 0 Å². The standard InChI is InChI=1S/C16H18ClNO2S/c1-11-3-8-15(21-11)14(20-2)10-18-16(19)9-12-4-6-13(17)7-5-12/h3-8,14H,9-10H2,1-2H3,(H,18,19). The lowest BCUT2D eigenvalue weighted by atomic mass is 10.1. The molecule has 2 aromatic rings. The van der Waals surface area contributed by atoms with Crippen molar-refractivity contribution in [2.24, 2.45) is 0 Å². The monoisotopic (exact) mass is 323 g/mol. The third kappa shape index (κ3) is 4.84. The Morgan fingerprint density at radius 1 is 1.29 bits per heavy atom. The summed E-state index contributed by atoms with van der Waals surface area (Å²) in [5, 5.41) is 3.59. The van der Waals surface area contributed by atoms with E-state index >= 15 is 0 Å². The van der Waals surface area contributed by atoms with Crippen molar-refractivity contribution >= 4 is 28.8 Å². The summed E-state index contributed by atoms with van der Waals surface area (Å²) in [6.45, 7) is 2.53. The fourth-order valence-electron chi connectivity index (χ4n) is 1.98. The van der Waals surface area contributed by atoms with E-state index in [1.807, 2.05) is 18.2 Å². The maximum absolute atomic E-state index is 12.0. The first-order valence-electron chi connectivity index (χ1n) is 6.68. The predicted octanol–water partition coefficient (Wildman–Crippen LogP) is 3.76. The fourth-order valence-corrected chi connectivity index (χ4v) is 3.06. The van der Waals surface area contributed by atoms with E-state index in [0.717, 1.165) is 10.4 Å². The Labute approximate surface area is 133 Å². The van der Waals surface area contributed by atoms with Crippen molar-refractivity contribution in [2.45, 2.75) is 19.4 Å². The van der Waals surface area contributed by atoms with Gasteiger partial charge in [-0.05, 0) is 36.8 Å². The van der Waals surface area contributed by atoms with E-state index in [4.69, 9.17) is 16.3 Å². The van der Waals surface area contributed by atoms with Gasteiger partial charge < -0.3 is 10.1 Å². The highest BCUT2D eigenvalue weighted by Crippen LogP contribution is 2.24. The normalized spacial score (nSPS) is 12.1. The zero-order chi connectivity index (χ0) is 15.2. The van der Waals surface area contributed by atoms with Crippen LogP contribution in [0.3, 0.4) is 0 Å². The van der Waals surface area contributed by atoms with E-state index in [9.17, 15) is 4.79 Å². The van der Waals surface area contributed by atoms with Crippen LogP contribution in [0.4, 0.5) is 0 Å². The number of methoxy groups -OCH3 is 1. The van der Waals surface area contributed by atoms with Crippen molar-refractivity contribution in [3.8, 4) is 0 Å². The number of amides is 1. The summed E-state index contributed by atoms with van der Waals surface area (Å²) < 4.78 is 5.44. The van der Waals surface area contributed by atoms with Gasteiger partial charge in [-0.2, -0.15) is 0 Å². The topological polar surface area (TPSA) is 38.3 Å². The third-order valence-corrected chi connectivity index (χ3v) is 4.47. The number of hydrogen-bond donors (Lipinski definition) is 1. The van der Waals surface area contributed by atoms with Crippen molar-refractivity contribution in [1.82, 2.24) is 5.32 Å². The van der Waals surface area contributed by atoms with Gasteiger partial charge in [0.05, 0.1) is 6.42 Å². The minimum Gasteiger partial charge on any atom is -0.374 e. The summed E-state index contributed by atoms with van der Waals surface area (Å²) in [6.07, 6.45) is 0.245. The van der Waals surface area contributed by atoms with Crippen LogP contribution in [0.2, 0.25) is 5.02 Å². The van der Waals surface area contributed by atoms with Crippen molar-refractivity contribution in [2.75, 3.05) is 13.7 Å². The van der Waals surface area contributed by atoms with Gasteiger partial charge in [-0.1, -0.05) is 23.7 Å². The van der Waals surface area contributed by atoms with Gasteiger partial charge in [0, 0.05) is 28.4 Å². The lowest BCUT2D eigenvalue weighted by Crippen LogP contribution is -2.30. The van der Waals surface area contributed by atoms with E-state index in [2.05, 4.69) is 18.3 Å². The van der Waals surface area contributed by atoms with Gasteiger partial charge in [-0.3, -0.25) is 4.79 Å². The number of hydrogen-bond acceptors (Lipinski definition) is 3. The van der Waals surface area contributed by atoms with Crippen LogP contribution in [-0.2, 0) is 16.0 Å². The lowest BCUT2D eigenvalue weighted by molar-refractivity contribution is -0.121. The molecule has 0 aliphatic heterocycles. The quantitative estimate of drug-likeness (QED) is 0.879. The van der Waals surface area contributed by atoms with Crippen LogP contribution in [-0.4, -0.2) is 19.6 Å². The molecule has 1 unspecified atom stereocenters. The molecule has 1 N–H and O–H groups in total. The highest BCUT2D eigenvalue weighted by Gasteiger charge is 2.14. The molecule has 0 saturated heterocycles. The molecule has 0 spiro atoms. The van der Waals surface area contributed by atoms with E-state index in [-0.39, 0.29) is 12.0 Å². The zero-order valence-corrected chi connectivity index (χ0v) is 13.6. The van der Waals surface area contributed by atoms with Crippen LogP contribution in [0, 0.1) is 6.92 Å². The predicted molar refractivity (Wildman–Crippen MR) is 87.0 cm³/mol. The minimum atomic E-state index is -0.0992. The zero-order valence-electron chi connectivity index (χ0n) is 12.1. The number of aryl methyl sites for hydroxylation is 1. The van der Waals surface area contributed by atoms with Crippen molar-refractivity contribution < 1.29 is 9.53 Å². The summed E-state index contributed by atoms with van der Waals surface area (Å²) >= 11 is 7.51. The molecule has 112 valence electrons. The maximum atomic E-state index is 12.0. The van der Waals surface area contributed by atoms with E-state index < -0.39 is 0 Å². The third-order valence-electron chi connectivity index (χ3n) is 3.13. The summed E-state index contributed by atoms with van der Waals surface area (Å²) in [6, 6.07) is 11.4. The fraction of sp³-hybridized carbons (Fsp3) is 0.312. The van der Waals surface area contributed by atoms with Gasteiger partial charge >= 0.3 is 0 Å². The van der Waals surface area contributed by atoms with Crippen LogP contribution in [0.5, 0.6) is 0 Å². The summed E-state index contributed by atoms with van der Waals surface area (Å²) in [7, 11) is 1.66. The molecule has 3 nitrogen and oxygen atoms in total. The van der Waals surface area contributed by atoms with Crippen molar-refractivity contribution in [3.05, 3.63) is 56.7 Å². The average molecular weight is 324 g/mol. The molecular formula is C16H18ClNO2S. The molecule has 5 heteroatoms. The molecule has 1 heterocycles. The van der Waals surface area contributed by atoms with E-state index in [1.165, 1.54) is 4.88 Å². The molecule has 1 aromatic carbocycles. The molecule has 0 aliphatic carbocycles. The van der Waals surface area contributed by atoms with Gasteiger partial charge in [0.2, 0.25) is 5.91 Å². The van der Waals surface area contributed by atoms with Crippen LogP contribution in [0.1, 0.15) is 21.4 Å². The number of halogens is 1. The van der Waals surface area contributed by atoms with Gasteiger partial charge in [0.15, 0.2) is 0 Å². The molecule has 0 radical (unpaired) electrons. The smallest absolute Gasteiger partial charge is 0.224 e. The first kappa shape index (κ1) is 16.0. The van der Waals surface area contributed by atoms with Gasteiger partial charge in [0.1, 0.15) is 6.10 Å². The Hall–Kier alpha value is -1.36. The SMILES string of the molecule is COC(CNC(=O)Cc1ccc(Cl)cc1)c1ccc(C)s1. The number of nitrogens with one attached hydrogen (secondary N) is 1. The number of carbonyl (C=O) groups excluding carboxylic acids is 1. The molecule has 0 bridgehead atoms. The number of ether oxygens (including phenoxy) is 1. The minimum absolute atomic E-state index is 0.0207. The second kappa shape index (κ2) is 7.59. The van der Waals surface area contributed by atoms with Crippen molar-refractivity contribution in [1.29, 1.82) is 0 Å². The highest BCUT2D eigenvalue weighted by molar-refractivity contribution is 7.12. The number of rotatable bonds is 6. The number of carbonyl (C=O) groups is 1. The van der Waals surface area contributed by atoms with Crippen LogP contribution in [0.15, 0.2) is 36.4 Å². The highest BCUT2D eigenvalue weighted by atomic mass is 35.5.